The number of thiocarbonyl (C=S) groups is 1. The average molecular weight is 332 g/mol. The van der Waals surface area contributed by atoms with Crippen LogP contribution in [-0.2, 0) is 21.5 Å². The Morgan fingerprint density at radius 3 is 2.81 bits per heavy atom. The van der Waals surface area contributed by atoms with Gasteiger partial charge in [0, 0.05) is 31.9 Å². The van der Waals surface area contributed by atoms with E-state index in [4.69, 9.17) is 18.0 Å². The third-order valence-corrected chi connectivity index (χ3v) is 4.05. The number of nitrogens with one attached hydrogen (secondary N) is 1. The molecule has 0 aliphatic carbocycles. The molecular weight excluding hydrogens is 316 g/mol. The fourth-order valence-electron chi connectivity index (χ4n) is 1.43. The van der Waals surface area contributed by atoms with Crippen LogP contribution in [0.25, 0.3) is 0 Å². The lowest BCUT2D eigenvalue weighted by Crippen LogP contribution is -2.44. The molecule has 0 aliphatic rings. The van der Waals surface area contributed by atoms with Crippen LogP contribution < -0.4 is 10.5 Å². The lowest BCUT2D eigenvalue weighted by Gasteiger charge is -2.21. The van der Waals surface area contributed by atoms with Crippen molar-refractivity contribution in [3.05, 3.63) is 30.1 Å². The Bertz CT molecular complexity index is 592. The average Bonchev–Trinajstić information content (AvgIpc) is 2.43. The summed E-state index contributed by atoms with van der Waals surface area (Å²) in [5, 5.41) is 0. The fraction of sp³-hybridized carbons (Fsp3) is 0.364. The molecule has 0 radical (unpaired) electrons. The Morgan fingerprint density at radius 1 is 1.57 bits per heavy atom. The van der Waals surface area contributed by atoms with Crippen molar-refractivity contribution in [1.82, 2.24) is 14.0 Å². The van der Waals surface area contributed by atoms with Crippen LogP contribution >= 0.6 is 12.2 Å². The predicted octanol–water partition coefficient (Wildman–Crippen LogP) is 0.161. The van der Waals surface area contributed by atoms with E-state index in [2.05, 4.69) is 9.72 Å². The summed E-state index contributed by atoms with van der Waals surface area (Å²) in [5.74, 6) is 0. The molecule has 0 atom stereocenters. The van der Waals surface area contributed by atoms with Crippen molar-refractivity contribution in [2.45, 2.75) is 13.0 Å². The van der Waals surface area contributed by atoms with E-state index in [1.807, 2.05) is 0 Å². The Labute approximate surface area is 128 Å². The number of hydrogen-bond acceptors (Lipinski definition) is 6. The Hall–Kier alpha value is -1.78. The first-order valence-electron chi connectivity index (χ1n) is 5.88. The molecule has 1 aromatic rings. The molecule has 1 amide bonds. The Kier molecular flexibility index (Phi) is 6.46. The van der Waals surface area contributed by atoms with E-state index >= 15 is 0 Å². The van der Waals surface area contributed by atoms with Crippen molar-refractivity contribution in [1.29, 1.82) is 0 Å². The molecule has 1 heterocycles. The van der Waals surface area contributed by atoms with E-state index in [9.17, 15) is 13.2 Å². The molecule has 3 N–H and O–H groups in total. The van der Waals surface area contributed by atoms with E-state index in [-0.39, 0.29) is 24.5 Å². The highest BCUT2D eigenvalue weighted by atomic mass is 32.2. The van der Waals surface area contributed by atoms with Crippen LogP contribution in [0.15, 0.2) is 24.5 Å². The molecule has 0 saturated carbocycles. The van der Waals surface area contributed by atoms with Crippen molar-refractivity contribution in [3.8, 4) is 0 Å². The monoisotopic (exact) mass is 332 g/mol. The first-order valence-corrected chi connectivity index (χ1v) is 7.73. The summed E-state index contributed by atoms with van der Waals surface area (Å²) < 4.78 is 31.4. The number of amides is 1. The topological polar surface area (TPSA) is 115 Å². The Morgan fingerprint density at radius 2 is 2.29 bits per heavy atom. The van der Waals surface area contributed by atoms with Crippen LogP contribution in [0.3, 0.4) is 0 Å². The maximum atomic E-state index is 12.1. The summed E-state index contributed by atoms with van der Waals surface area (Å²) >= 11 is 4.74. The number of pyridine rings is 1. The Balaban J connectivity index is 2.90. The minimum absolute atomic E-state index is 0.0305. The summed E-state index contributed by atoms with van der Waals surface area (Å²) in [4.78, 5) is 15.2. The molecule has 0 unspecified atom stereocenters. The van der Waals surface area contributed by atoms with Gasteiger partial charge in [-0.3, -0.25) is 4.98 Å². The molecule has 1 aromatic heterocycles. The van der Waals surface area contributed by atoms with Gasteiger partial charge in [0.05, 0.1) is 12.1 Å². The van der Waals surface area contributed by atoms with Gasteiger partial charge < -0.3 is 10.5 Å². The molecule has 0 aliphatic heterocycles. The SMILES string of the molecule is COC(=O)NS(=O)(=O)N(CCC(N)=S)Cc1cccnc1. The zero-order valence-corrected chi connectivity index (χ0v) is 13.0. The number of methoxy groups -OCH3 is 1. The number of hydrogen-bond donors (Lipinski definition) is 2. The van der Waals surface area contributed by atoms with Gasteiger partial charge in [-0.2, -0.15) is 12.7 Å². The third kappa shape index (κ3) is 6.02. The van der Waals surface area contributed by atoms with Crippen molar-refractivity contribution in [2.75, 3.05) is 13.7 Å². The quantitative estimate of drug-likeness (QED) is 0.683. The molecule has 10 heteroatoms. The summed E-state index contributed by atoms with van der Waals surface area (Å²) in [5.41, 5.74) is 6.05. The number of ether oxygens (including phenoxy) is 1. The second-order valence-corrected chi connectivity index (χ2v) is 6.20. The van der Waals surface area contributed by atoms with Gasteiger partial charge in [0.1, 0.15) is 0 Å². The largest absolute Gasteiger partial charge is 0.452 e. The number of nitrogens with two attached hydrogens (primary N) is 1. The zero-order valence-electron chi connectivity index (χ0n) is 11.4. The number of nitrogens with zero attached hydrogens (tertiary/aromatic N) is 2. The lowest BCUT2D eigenvalue weighted by molar-refractivity contribution is 0.177. The third-order valence-electron chi connectivity index (χ3n) is 2.43. The lowest BCUT2D eigenvalue weighted by atomic mass is 10.3. The molecule has 21 heavy (non-hydrogen) atoms. The second kappa shape index (κ2) is 7.86. The highest BCUT2D eigenvalue weighted by Crippen LogP contribution is 2.08. The zero-order chi connectivity index (χ0) is 15.9. The molecule has 116 valence electrons. The molecule has 1 rings (SSSR count). The van der Waals surface area contributed by atoms with E-state index in [0.717, 1.165) is 11.4 Å². The highest BCUT2D eigenvalue weighted by Gasteiger charge is 2.24. The summed E-state index contributed by atoms with van der Waals surface area (Å²) in [7, 11) is -2.99. The van der Waals surface area contributed by atoms with Crippen LogP contribution in [0.1, 0.15) is 12.0 Å². The highest BCUT2D eigenvalue weighted by molar-refractivity contribution is 7.87. The van der Waals surface area contributed by atoms with Crippen molar-refractivity contribution in [3.63, 3.8) is 0 Å². The fourth-order valence-corrected chi connectivity index (χ4v) is 2.59. The van der Waals surface area contributed by atoms with Crippen LogP contribution in [0, 0.1) is 0 Å². The van der Waals surface area contributed by atoms with Gasteiger partial charge in [-0.1, -0.05) is 18.3 Å². The van der Waals surface area contributed by atoms with Gasteiger partial charge in [-0.05, 0) is 11.6 Å². The smallest absolute Gasteiger partial charge is 0.421 e. The van der Waals surface area contributed by atoms with Gasteiger partial charge in [0.2, 0.25) is 0 Å². The predicted molar refractivity (Wildman–Crippen MR) is 80.5 cm³/mol. The van der Waals surface area contributed by atoms with Gasteiger partial charge >= 0.3 is 16.3 Å². The van der Waals surface area contributed by atoms with Crippen LogP contribution in [0.2, 0.25) is 0 Å². The summed E-state index contributed by atoms with van der Waals surface area (Å²) in [6.07, 6.45) is 2.23. The first kappa shape index (κ1) is 17.3. The number of aromatic nitrogens is 1. The van der Waals surface area contributed by atoms with Gasteiger partial charge in [-0.25, -0.2) is 9.52 Å². The summed E-state index contributed by atoms with van der Waals surface area (Å²) in [6, 6.07) is 3.40. The molecule has 0 saturated heterocycles. The van der Waals surface area contributed by atoms with Crippen LogP contribution in [0.4, 0.5) is 4.79 Å². The number of carbonyl (C=O) groups excluding carboxylic acids is 1. The molecule has 0 bridgehead atoms. The molecule has 0 aromatic carbocycles. The van der Waals surface area contributed by atoms with Gasteiger partial charge in [0.25, 0.3) is 0 Å². The minimum Gasteiger partial charge on any atom is -0.452 e. The van der Waals surface area contributed by atoms with Crippen LogP contribution in [0.5, 0.6) is 0 Å². The maximum absolute atomic E-state index is 12.1. The minimum atomic E-state index is -4.06. The first-order chi connectivity index (χ1) is 9.85. The normalized spacial score (nSPS) is 11.1. The molecular formula is C11H16N4O4S2. The number of carbonyl (C=O) groups is 1. The van der Waals surface area contributed by atoms with E-state index in [1.54, 1.807) is 23.1 Å². The molecule has 0 fully saturated rings. The van der Waals surface area contributed by atoms with Gasteiger partial charge in [-0.15, -0.1) is 0 Å². The maximum Gasteiger partial charge on any atom is 0.421 e. The second-order valence-electron chi connectivity index (χ2n) is 4.01. The van der Waals surface area contributed by atoms with Gasteiger partial charge in [0.15, 0.2) is 0 Å². The van der Waals surface area contributed by atoms with E-state index in [0.29, 0.717) is 5.56 Å². The van der Waals surface area contributed by atoms with E-state index in [1.165, 1.54) is 6.20 Å². The van der Waals surface area contributed by atoms with Crippen molar-refractivity contribution < 1.29 is 17.9 Å². The summed E-state index contributed by atoms with van der Waals surface area (Å²) in [6.45, 7) is 0.0688. The molecule has 8 nitrogen and oxygen atoms in total. The number of rotatable bonds is 7. The van der Waals surface area contributed by atoms with Crippen molar-refractivity contribution >= 4 is 33.5 Å². The van der Waals surface area contributed by atoms with Crippen molar-refractivity contribution in [2.24, 2.45) is 5.73 Å². The molecule has 0 spiro atoms. The standard InChI is InChI=1S/C11H16N4O4S2/c1-19-11(16)14-21(17,18)15(6-4-10(12)20)8-9-3-2-5-13-7-9/h2-3,5,7H,4,6,8H2,1H3,(H2,12,20)(H,14,16). The van der Waals surface area contributed by atoms with E-state index < -0.39 is 16.3 Å². The van der Waals surface area contributed by atoms with Crippen LogP contribution in [-0.4, -0.2) is 42.4 Å².